The highest BCUT2D eigenvalue weighted by atomic mass is 14.9. The summed E-state index contributed by atoms with van der Waals surface area (Å²) in [4.78, 5) is 0. The minimum atomic E-state index is 0.903. The molecule has 2 rings (SSSR count). The quantitative estimate of drug-likeness (QED) is 0.544. The Labute approximate surface area is 114 Å². The van der Waals surface area contributed by atoms with Gasteiger partial charge in [-0.25, -0.2) is 0 Å². The average molecular weight is 251 g/mol. The number of rotatable bonds is 10. The highest BCUT2D eigenvalue weighted by Crippen LogP contribution is 2.35. The molecule has 2 saturated carbocycles. The molecular formula is C17H33N. The third-order valence-corrected chi connectivity index (χ3v) is 4.99. The van der Waals surface area contributed by atoms with E-state index in [1.165, 1.54) is 83.6 Å². The zero-order valence-corrected chi connectivity index (χ0v) is 12.4. The minimum absolute atomic E-state index is 0.903. The van der Waals surface area contributed by atoms with E-state index < -0.39 is 0 Å². The predicted molar refractivity (Wildman–Crippen MR) is 79.8 cm³/mol. The summed E-state index contributed by atoms with van der Waals surface area (Å²) < 4.78 is 0. The smallest absolute Gasteiger partial charge is 0.00683 e. The van der Waals surface area contributed by atoms with Crippen LogP contribution >= 0.6 is 0 Å². The highest BCUT2D eigenvalue weighted by Gasteiger charge is 2.28. The van der Waals surface area contributed by atoms with E-state index in [4.69, 9.17) is 0 Å². The minimum Gasteiger partial charge on any atom is -0.314 e. The van der Waals surface area contributed by atoms with E-state index in [9.17, 15) is 0 Å². The Balaban J connectivity index is 1.50. The van der Waals surface area contributed by atoms with E-state index in [-0.39, 0.29) is 0 Å². The summed E-state index contributed by atoms with van der Waals surface area (Å²) in [5.41, 5.74) is 0. The summed E-state index contributed by atoms with van der Waals surface area (Å²) in [6.07, 6.45) is 17.7. The van der Waals surface area contributed by atoms with Gasteiger partial charge >= 0.3 is 0 Å². The van der Waals surface area contributed by atoms with Gasteiger partial charge in [-0.3, -0.25) is 0 Å². The Morgan fingerprint density at radius 3 is 2.33 bits per heavy atom. The largest absolute Gasteiger partial charge is 0.314 e. The Bertz CT molecular complexity index is 210. The standard InChI is InChI=1S/C17H33N/c1-2-3-4-5-6-7-9-15-10-8-11-16(15)14-18-17-12-13-17/h15-18H,2-14H2,1H3. The maximum absolute atomic E-state index is 3.75. The summed E-state index contributed by atoms with van der Waals surface area (Å²) in [5, 5.41) is 3.75. The molecule has 0 bridgehead atoms. The zero-order valence-electron chi connectivity index (χ0n) is 12.4. The Morgan fingerprint density at radius 2 is 1.56 bits per heavy atom. The van der Waals surface area contributed by atoms with Crippen LogP contribution in [0.3, 0.4) is 0 Å². The lowest BCUT2D eigenvalue weighted by Gasteiger charge is -2.20. The monoisotopic (exact) mass is 251 g/mol. The van der Waals surface area contributed by atoms with Gasteiger partial charge in [0.25, 0.3) is 0 Å². The fraction of sp³-hybridized carbons (Fsp3) is 1.00. The lowest BCUT2D eigenvalue weighted by molar-refractivity contribution is 0.335. The summed E-state index contributed by atoms with van der Waals surface area (Å²) in [7, 11) is 0. The van der Waals surface area contributed by atoms with Crippen molar-refractivity contribution in [2.45, 2.75) is 90.0 Å². The fourth-order valence-electron chi connectivity index (χ4n) is 3.55. The van der Waals surface area contributed by atoms with E-state index in [2.05, 4.69) is 12.2 Å². The van der Waals surface area contributed by atoms with Crippen molar-refractivity contribution < 1.29 is 0 Å². The van der Waals surface area contributed by atoms with Gasteiger partial charge in [-0.1, -0.05) is 64.7 Å². The van der Waals surface area contributed by atoms with Gasteiger partial charge in [0, 0.05) is 6.04 Å². The summed E-state index contributed by atoms with van der Waals surface area (Å²) in [6.45, 7) is 3.63. The van der Waals surface area contributed by atoms with Crippen molar-refractivity contribution in [2.75, 3.05) is 6.54 Å². The first-order chi connectivity index (χ1) is 8.90. The van der Waals surface area contributed by atoms with Gasteiger partial charge in [0.15, 0.2) is 0 Å². The molecule has 0 amide bonds. The van der Waals surface area contributed by atoms with Crippen molar-refractivity contribution in [3.63, 3.8) is 0 Å². The predicted octanol–water partition coefficient (Wildman–Crippen LogP) is 4.91. The van der Waals surface area contributed by atoms with Gasteiger partial charge in [-0.05, 0) is 37.6 Å². The molecular weight excluding hydrogens is 218 g/mol. The Hall–Kier alpha value is -0.0400. The maximum atomic E-state index is 3.75. The fourth-order valence-corrected chi connectivity index (χ4v) is 3.55. The maximum Gasteiger partial charge on any atom is 0.00683 e. The van der Waals surface area contributed by atoms with Gasteiger partial charge in [-0.15, -0.1) is 0 Å². The summed E-state index contributed by atoms with van der Waals surface area (Å²) in [6, 6.07) is 0.903. The van der Waals surface area contributed by atoms with Crippen LogP contribution in [0, 0.1) is 11.8 Å². The van der Waals surface area contributed by atoms with E-state index in [1.807, 2.05) is 0 Å². The SMILES string of the molecule is CCCCCCCCC1CCCC1CNC1CC1. The third kappa shape index (κ3) is 5.30. The molecule has 0 heterocycles. The molecule has 2 unspecified atom stereocenters. The topological polar surface area (TPSA) is 12.0 Å². The van der Waals surface area contributed by atoms with Crippen LogP contribution in [0.1, 0.15) is 84.0 Å². The second-order valence-corrected chi connectivity index (χ2v) is 6.69. The van der Waals surface area contributed by atoms with Crippen LogP contribution < -0.4 is 5.32 Å². The molecule has 0 aromatic rings. The van der Waals surface area contributed by atoms with Crippen LogP contribution in [-0.2, 0) is 0 Å². The molecule has 2 atom stereocenters. The third-order valence-electron chi connectivity index (χ3n) is 4.99. The molecule has 0 aromatic heterocycles. The molecule has 1 N–H and O–H groups in total. The lowest BCUT2D eigenvalue weighted by Crippen LogP contribution is -2.26. The molecule has 2 fully saturated rings. The van der Waals surface area contributed by atoms with E-state index in [1.54, 1.807) is 0 Å². The van der Waals surface area contributed by atoms with Crippen molar-refractivity contribution >= 4 is 0 Å². The Kier molecular flexibility index (Phi) is 6.54. The van der Waals surface area contributed by atoms with Gasteiger partial charge in [0.05, 0.1) is 0 Å². The summed E-state index contributed by atoms with van der Waals surface area (Å²) >= 11 is 0. The van der Waals surface area contributed by atoms with Crippen molar-refractivity contribution in [3.05, 3.63) is 0 Å². The van der Waals surface area contributed by atoms with E-state index >= 15 is 0 Å². The molecule has 106 valence electrons. The van der Waals surface area contributed by atoms with E-state index in [0.29, 0.717) is 0 Å². The molecule has 0 saturated heterocycles. The number of hydrogen-bond acceptors (Lipinski definition) is 1. The zero-order chi connectivity index (χ0) is 12.6. The van der Waals surface area contributed by atoms with Crippen molar-refractivity contribution in [2.24, 2.45) is 11.8 Å². The first-order valence-corrected chi connectivity index (χ1v) is 8.63. The molecule has 1 heteroatoms. The molecule has 2 aliphatic rings. The Morgan fingerprint density at radius 1 is 0.833 bits per heavy atom. The first-order valence-electron chi connectivity index (χ1n) is 8.63. The van der Waals surface area contributed by atoms with Crippen molar-refractivity contribution in [1.82, 2.24) is 5.32 Å². The highest BCUT2D eigenvalue weighted by molar-refractivity contribution is 4.85. The average Bonchev–Trinajstić information content (AvgIpc) is 3.11. The normalized spacial score (nSPS) is 27.8. The number of unbranched alkanes of at least 4 members (excludes halogenated alkanes) is 5. The van der Waals surface area contributed by atoms with Gasteiger partial charge in [0.2, 0.25) is 0 Å². The molecule has 0 aliphatic heterocycles. The van der Waals surface area contributed by atoms with Crippen LogP contribution in [0.2, 0.25) is 0 Å². The molecule has 0 radical (unpaired) electrons. The molecule has 1 nitrogen and oxygen atoms in total. The van der Waals surface area contributed by atoms with Crippen LogP contribution in [0.4, 0.5) is 0 Å². The second kappa shape index (κ2) is 8.19. The first kappa shape index (κ1) is 14.4. The van der Waals surface area contributed by atoms with Crippen LogP contribution in [-0.4, -0.2) is 12.6 Å². The van der Waals surface area contributed by atoms with Crippen LogP contribution in [0.25, 0.3) is 0 Å². The lowest BCUT2D eigenvalue weighted by atomic mass is 9.90. The number of nitrogens with one attached hydrogen (secondary N) is 1. The van der Waals surface area contributed by atoms with Gasteiger partial charge in [0.1, 0.15) is 0 Å². The summed E-state index contributed by atoms with van der Waals surface area (Å²) in [5.74, 6) is 2.07. The molecule has 18 heavy (non-hydrogen) atoms. The van der Waals surface area contributed by atoms with Crippen molar-refractivity contribution in [1.29, 1.82) is 0 Å². The van der Waals surface area contributed by atoms with Gasteiger partial charge in [-0.2, -0.15) is 0 Å². The van der Waals surface area contributed by atoms with Gasteiger partial charge < -0.3 is 5.32 Å². The number of hydrogen-bond donors (Lipinski definition) is 1. The molecule has 0 spiro atoms. The molecule has 0 aromatic carbocycles. The van der Waals surface area contributed by atoms with E-state index in [0.717, 1.165) is 17.9 Å². The molecule has 2 aliphatic carbocycles. The van der Waals surface area contributed by atoms with Crippen molar-refractivity contribution in [3.8, 4) is 0 Å². The van der Waals surface area contributed by atoms with Crippen LogP contribution in [0.5, 0.6) is 0 Å². The van der Waals surface area contributed by atoms with Crippen LogP contribution in [0.15, 0.2) is 0 Å². The second-order valence-electron chi connectivity index (χ2n) is 6.69.